The van der Waals surface area contributed by atoms with Crippen molar-refractivity contribution in [3.05, 3.63) is 29.8 Å². The molecule has 2 amide bonds. The molecule has 1 aromatic rings. The van der Waals surface area contributed by atoms with E-state index in [0.717, 1.165) is 5.69 Å². The van der Waals surface area contributed by atoms with Gasteiger partial charge in [-0.1, -0.05) is 18.2 Å². The molecule has 4 nitrogen and oxygen atoms in total. The Balaban J connectivity index is 1.88. The van der Waals surface area contributed by atoms with Gasteiger partial charge in [0.1, 0.15) is 0 Å². The third-order valence-corrected chi connectivity index (χ3v) is 3.70. The summed E-state index contributed by atoms with van der Waals surface area (Å²) in [6.07, 6.45) is 0. The van der Waals surface area contributed by atoms with Crippen LogP contribution in [0.5, 0.6) is 0 Å². The summed E-state index contributed by atoms with van der Waals surface area (Å²) >= 11 is 0. The maximum Gasteiger partial charge on any atom is 0.232 e. The van der Waals surface area contributed by atoms with Crippen molar-refractivity contribution in [2.24, 2.45) is 11.8 Å². The number of amides is 2. The maximum atomic E-state index is 11.6. The first-order chi connectivity index (χ1) is 8.16. The molecule has 4 heteroatoms. The number of anilines is 1. The van der Waals surface area contributed by atoms with E-state index in [-0.39, 0.29) is 23.7 Å². The smallest absolute Gasteiger partial charge is 0.232 e. The normalized spacial score (nSPS) is 27.2. The lowest BCUT2D eigenvalue weighted by Crippen LogP contribution is -2.31. The minimum atomic E-state index is -0.165. The third-order valence-electron chi connectivity index (χ3n) is 3.70. The van der Waals surface area contributed by atoms with Crippen molar-refractivity contribution in [1.82, 2.24) is 5.32 Å². The molecule has 2 aliphatic rings. The Labute approximate surface area is 99.6 Å². The summed E-state index contributed by atoms with van der Waals surface area (Å²) in [6.45, 7) is 3.34. The summed E-state index contributed by atoms with van der Waals surface area (Å²) in [4.78, 5) is 25.3. The van der Waals surface area contributed by atoms with Gasteiger partial charge in [0.05, 0.1) is 11.8 Å². The Kier molecular flexibility index (Phi) is 2.18. The zero-order valence-electron chi connectivity index (χ0n) is 9.64. The van der Waals surface area contributed by atoms with E-state index in [1.165, 1.54) is 5.56 Å². The number of nitrogens with zero attached hydrogens (tertiary/aromatic N) is 1. The predicted octanol–water partition coefficient (Wildman–Crippen LogP) is 0.704. The van der Waals surface area contributed by atoms with Gasteiger partial charge in [0.15, 0.2) is 0 Å². The van der Waals surface area contributed by atoms with Crippen molar-refractivity contribution in [3.63, 3.8) is 0 Å². The molecule has 88 valence electrons. The average molecular weight is 230 g/mol. The van der Waals surface area contributed by atoms with Crippen LogP contribution in [0.4, 0.5) is 5.69 Å². The number of nitrogens with one attached hydrogen (secondary N) is 1. The van der Waals surface area contributed by atoms with Crippen LogP contribution in [0, 0.1) is 18.8 Å². The fraction of sp³-hybridized carbons (Fsp3) is 0.385. The highest BCUT2D eigenvalue weighted by atomic mass is 16.2. The minimum absolute atomic E-state index is 0.115. The zero-order chi connectivity index (χ0) is 12.0. The summed E-state index contributed by atoms with van der Waals surface area (Å²) in [5.41, 5.74) is 2.31. The van der Waals surface area contributed by atoms with Crippen molar-refractivity contribution in [1.29, 1.82) is 0 Å². The van der Waals surface area contributed by atoms with Crippen molar-refractivity contribution in [3.8, 4) is 0 Å². The minimum Gasteiger partial charge on any atom is -0.370 e. The van der Waals surface area contributed by atoms with Gasteiger partial charge in [-0.05, 0) is 18.6 Å². The van der Waals surface area contributed by atoms with E-state index in [1.807, 2.05) is 31.2 Å². The van der Waals surface area contributed by atoms with E-state index in [2.05, 4.69) is 10.2 Å². The van der Waals surface area contributed by atoms with Crippen molar-refractivity contribution in [2.75, 3.05) is 18.0 Å². The monoisotopic (exact) mass is 230 g/mol. The number of para-hydroxylation sites is 1. The molecule has 0 aromatic heterocycles. The topological polar surface area (TPSA) is 49.4 Å². The first kappa shape index (κ1) is 10.3. The molecule has 2 saturated heterocycles. The van der Waals surface area contributed by atoms with Crippen LogP contribution in [0.2, 0.25) is 0 Å². The van der Waals surface area contributed by atoms with E-state index < -0.39 is 0 Å². The SMILES string of the molecule is Cc1ccccc1N1CC2C(=O)NC(=O)C2C1. The van der Waals surface area contributed by atoms with Crippen LogP contribution in [0.15, 0.2) is 24.3 Å². The second kappa shape index (κ2) is 3.58. The van der Waals surface area contributed by atoms with Crippen LogP contribution >= 0.6 is 0 Å². The number of rotatable bonds is 1. The summed E-state index contributed by atoms with van der Waals surface area (Å²) in [5.74, 6) is -0.559. The molecule has 0 bridgehead atoms. The van der Waals surface area contributed by atoms with E-state index in [4.69, 9.17) is 0 Å². The van der Waals surface area contributed by atoms with Crippen LogP contribution in [-0.4, -0.2) is 24.9 Å². The molecule has 2 unspecified atom stereocenters. The Morgan fingerprint density at radius 2 is 1.71 bits per heavy atom. The quantitative estimate of drug-likeness (QED) is 0.723. The number of hydrogen-bond donors (Lipinski definition) is 1. The lowest BCUT2D eigenvalue weighted by Gasteiger charge is -2.21. The van der Waals surface area contributed by atoms with Gasteiger partial charge in [-0.3, -0.25) is 14.9 Å². The van der Waals surface area contributed by atoms with Crippen LogP contribution in [0.1, 0.15) is 5.56 Å². The third kappa shape index (κ3) is 1.52. The number of carbonyl (C=O) groups excluding carboxylic acids is 2. The van der Waals surface area contributed by atoms with Crippen molar-refractivity contribution < 1.29 is 9.59 Å². The highest BCUT2D eigenvalue weighted by molar-refractivity contribution is 6.06. The number of benzene rings is 1. The van der Waals surface area contributed by atoms with Crippen LogP contribution in [0.25, 0.3) is 0 Å². The fourth-order valence-corrected chi connectivity index (χ4v) is 2.76. The number of fused-ring (bicyclic) bond motifs is 1. The lowest BCUT2D eigenvalue weighted by molar-refractivity contribution is -0.126. The van der Waals surface area contributed by atoms with E-state index >= 15 is 0 Å². The van der Waals surface area contributed by atoms with Crippen LogP contribution in [-0.2, 0) is 9.59 Å². The fourth-order valence-electron chi connectivity index (χ4n) is 2.76. The molecule has 2 atom stereocenters. The first-order valence-corrected chi connectivity index (χ1v) is 5.82. The molecule has 3 rings (SSSR count). The molecule has 0 spiro atoms. The summed E-state index contributed by atoms with van der Waals surface area (Å²) in [6, 6.07) is 8.07. The number of hydrogen-bond acceptors (Lipinski definition) is 3. The Bertz CT molecular complexity index is 476. The largest absolute Gasteiger partial charge is 0.370 e. The molecule has 0 radical (unpaired) electrons. The molecule has 0 aliphatic carbocycles. The van der Waals surface area contributed by atoms with Gasteiger partial charge in [0, 0.05) is 18.8 Å². The molecule has 1 aromatic carbocycles. The first-order valence-electron chi connectivity index (χ1n) is 5.82. The van der Waals surface area contributed by atoms with Crippen molar-refractivity contribution in [2.45, 2.75) is 6.92 Å². The Hall–Kier alpha value is -1.84. The number of carbonyl (C=O) groups is 2. The van der Waals surface area contributed by atoms with Gasteiger partial charge in [-0.15, -0.1) is 0 Å². The summed E-state index contributed by atoms with van der Waals surface area (Å²) in [5, 5.41) is 2.40. The lowest BCUT2D eigenvalue weighted by atomic mass is 10.00. The van der Waals surface area contributed by atoms with Gasteiger partial charge < -0.3 is 4.90 Å². The van der Waals surface area contributed by atoms with E-state index in [9.17, 15) is 9.59 Å². The molecular weight excluding hydrogens is 216 g/mol. The van der Waals surface area contributed by atoms with E-state index in [1.54, 1.807) is 0 Å². The molecule has 2 heterocycles. The summed E-state index contributed by atoms with van der Waals surface area (Å²) in [7, 11) is 0. The van der Waals surface area contributed by atoms with Gasteiger partial charge >= 0.3 is 0 Å². The van der Waals surface area contributed by atoms with Gasteiger partial charge in [0.2, 0.25) is 11.8 Å². The van der Waals surface area contributed by atoms with Gasteiger partial charge in [-0.25, -0.2) is 0 Å². The highest BCUT2D eigenvalue weighted by Crippen LogP contribution is 2.33. The van der Waals surface area contributed by atoms with Crippen molar-refractivity contribution >= 4 is 17.5 Å². The van der Waals surface area contributed by atoms with Gasteiger partial charge in [0.25, 0.3) is 0 Å². The van der Waals surface area contributed by atoms with Crippen LogP contribution in [0.3, 0.4) is 0 Å². The maximum absolute atomic E-state index is 11.6. The Morgan fingerprint density at radius 1 is 1.12 bits per heavy atom. The second-order valence-electron chi connectivity index (χ2n) is 4.76. The summed E-state index contributed by atoms with van der Waals surface area (Å²) < 4.78 is 0. The second-order valence-corrected chi connectivity index (χ2v) is 4.76. The molecule has 2 fully saturated rings. The molecule has 17 heavy (non-hydrogen) atoms. The predicted molar refractivity (Wildman–Crippen MR) is 63.5 cm³/mol. The zero-order valence-corrected chi connectivity index (χ0v) is 9.64. The molecule has 0 saturated carbocycles. The van der Waals surface area contributed by atoms with Crippen LogP contribution < -0.4 is 10.2 Å². The highest BCUT2D eigenvalue weighted by Gasteiger charge is 2.47. The number of imide groups is 1. The van der Waals surface area contributed by atoms with E-state index in [0.29, 0.717) is 13.1 Å². The molecule has 2 aliphatic heterocycles. The molecular formula is C13H14N2O2. The Morgan fingerprint density at radius 3 is 2.29 bits per heavy atom. The standard InChI is InChI=1S/C13H14N2O2/c1-8-4-2-3-5-11(8)15-6-9-10(7-15)13(17)14-12(9)16/h2-5,9-10H,6-7H2,1H3,(H,14,16,17). The average Bonchev–Trinajstić information content (AvgIpc) is 2.83. The van der Waals surface area contributed by atoms with Gasteiger partial charge in [-0.2, -0.15) is 0 Å². The molecule has 1 N–H and O–H groups in total. The number of aryl methyl sites for hydroxylation is 1.